The number of hydrogen-bond acceptors (Lipinski definition) is 2. The standard InChI is InChI=1S/C25H17N2P/c26-18-24-16-21(20-10-4-1-5-11-20)17-25(19-27)28(24,22-12-6-2-7-13-22)23-14-8-3-9-15-23/h1-17H. The Morgan fingerprint density at radius 3 is 1.54 bits per heavy atom. The number of rotatable bonds is 3. The topological polar surface area (TPSA) is 47.6 Å². The van der Waals surface area contributed by atoms with E-state index in [4.69, 9.17) is 0 Å². The molecule has 0 fully saturated rings. The average molecular weight is 376 g/mol. The zero-order chi connectivity index (χ0) is 19.4. The molecule has 0 radical (unpaired) electrons. The highest BCUT2D eigenvalue weighted by atomic mass is 31.2. The second kappa shape index (κ2) is 7.58. The van der Waals surface area contributed by atoms with Gasteiger partial charge in [-0.15, -0.1) is 0 Å². The van der Waals surface area contributed by atoms with Crippen molar-refractivity contribution in [1.82, 2.24) is 0 Å². The Labute approximate surface area is 165 Å². The van der Waals surface area contributed by atoms with Gasteiger partial charge in [-0.05, 0) is 33.9 Å². The Bertz CT molecular complexity index is 1160. The summed E-state index contributed by atoms with van der Waals surface area (Å²) in [6.07, 6.45) is 3.92. The van der Waals surface area contributed by atoms with Gasteiger partial charge in [0.1, 0.15) is 12.1 Å². The van der Waals surface area contributed by atoms with E-state index in [2.05, 4.69) is 12.1 Å². The van der Waals surface area contributed by atoms with E-state index in [0.29, 0.717) is 10.6 Å². The quantitative estimate of drug-likeness (QED) is 0.613. The molecule has 0 unspecified atom stereocenters. The first-order valence-electron chi connectivity index (χ1n) is 8.98. The molecule has 0 aromatic heterocycles. The third kappa shape index (κ3) is 2.82. The lowest BCUT2D eigenvalue weighted by Gasteiger charge is -2.31. The summed E-state index contributed by atoms with van der Waals surface area (Å²) in [7, 11) is 0. The molecular weight excluding hydrogens is 359 g/mol. The van der Waals surface area contributed by atoms with Crippen LogP contribution in [0.5, 0.6) is 0 Å². The Morgan fingerprint density at radius 1 is 0.571 bits per heavy atom. The Morgan fingerprint density at radius 2 is 1.07 bits per heavy atom. The fourth-order valence-corrected chi connectivity index (χ4v) is 7.55. The first kappa shape index (κ1) is 17.8. The zero-order valence-electron chi connectivity index (χ0n) is 15.2. The summed E-state index contributed by atoms with van der Waals surface area (Å²) >= 11 is 0. The van der Waals surface area contributed by atoms with Gasteiger partial charge in [0.2, 0.25) is 0 Å². The van der Waals surface area contributed by atoms with Gasteiger partial charge in [0.25, 0.3) is 0 Å². The van der Waals surface area contributed by atoms with Crippen molar-refractivity contribution in [2.75, 3.05) is 0 Å². The molecule has 0 atom stereocenters. The number of hydrogen-bond donors (Lipinski definition) is 0. The molecule has 3 aromatic carbocycles. The van der Waals surface area contributed by atoms with Crippen molar-refractivity contribution in [3.63, 3.8) is 0 Å². The molecule has 0 N–H and O–H groups in total. The summed E-state index contributed by atoms with van der Waals surface area (Å²) in [5.41, 5.74) is 1.90. The van der Waals surface area contributed by atoms with Gasteiger partial charge < -0.3 is 0 Å². The van der Waals surface area contributed by atoms with Crippen LogP contribution in [0.15, 0.2) is 108 Å². The number of nitrogens with zero attached hydrogens (tertiary/aromatic N) is 2. The minimum Gasteiger partial charge on any atom is -0.192 e. The fourth-order valence-electron chi connectivity index (χ4n) is 3.68. The molecule has 3 heteroatoms. The third-order valence-corrected chi connectivity index (χ3v) is 8.98. The van der Waals surface area contributed by atoms with Crippen LogP contribution in [0.3, 0.4) is 0 Å². The van der Waals surface area contributed by atoms with Gasteiger partial charge in [0, 0.05) is 6.89 Å². The second-order valence-electron chi connectivity index (χ2n) is 6.45. The molecule has 0 bridgehead atoms. The predicted molar refractivity (Wildman–Crippen MR) is 118 cm³/mol. The van der Waals surface area contributed by atoms with Crippen LogP contribution in [0, 0.1) is 22.7 Å². The first-order chi connectivity index (χ1) is 13.8. The zero-order valence-corrected chi connectivity index (χ0v) is 16.1. The molecule has 0 aliphatic carbocycles. The van der Waals surface area contributed by atoms with E-state index in [9.17, 15) is 10.5 Å². The highest BCUT2D eigenvalue weighted by Crippen LogP contribution is 2.57. The summed E-state index contributed by atoms with van der Waals surface area (Å²) in [5.74, 6) is 0. The van der Waals surface area contributed by atoms with Crippen molar-refractivity contribution < 1.29 is 0 Å². The smallest absolute Gasteiger partial charge is 0.100 e. The van der Waals surface area contributed by atoms with Gasteiger partial charge >= 0.3 is 0 Å². The maximum atomic E-state index is 10.2. The maximum absolute atomic E-state index is 10.2. The number of benzene rings is 3. The summed E-state index contributed by atoms with van der Waals surface area (Å²) in [6.45, 7) is -2.49. The molecule has 0 saturated carbocycles. The van der Waals surface area contributed by atoms with E-state index >= 15 is 0 Å². The largest absolute Gasteiger partial charge is 0.192 e. The van der Waals surface area contributed by atoms with Gasteiger partial charge in [-0.25, -0.2) is 0 Å². The minimum absolute atomic E-state index is 0.655. The minimum atomic E-state index is -2.49. The van der Waals surface area contributed by atoms with Crippen LogP contribution >= 0.6 is 6.89 Å². The van der Waals surface area contributed by atoms with E-state index in [1.165, 1.54) is 0 Å². The molecule has 0 spiro atoms. The number of allylic oxidation sites excluding steroid dienone is 4. The molecule has 1 aliphatic heterocycles. The normalized spacial score (nSPS) is 15.0. The summed E-state index contributed by atoms with van der Waals surface area (Å²) in [4.78, 5) is 0. The summed E-state index contributed by atoms with van der Waals surface area (Å²) in [6, 6.07) is 34.7. The van der Waals surface area contributed by atoms with Crippen LogP contribution in [-0.4, -0.2) is 5.29 Å². The van der Waals surface area contributed by atoms with Crippen LogP contribution in [0.1, 0.15) is 5.56 Å². The Kier molecular flexibility index (Phi) is 4.82. The van der Waals surface area contributed by atoms with Crippen LogP contribution in [-0.2, 0) is 0 Å². The molecule has 3 aromatic rings. The van der Waals surface area contributed by atoms with Gasteiger partial charge in [0.05, 0.1) is 10.6 Å². The van der Waals surface area contributed by atoms with E-state index in [0.717, 1.165) is 21.7 Å². The van der Waals surface area contributed by atoms with Crippen molar-refractivity contribution in [2.45, 2.75) is 0 Å². The predicted octanol–water partition coefficient (Wildman–Crippen LogP) is 4.86. The SMILES string of the molecule is N#CC1=CC(c2ccccc2)=CC(C#N)=P1(c1ccccc1)c1ccccc1. The van der Waals surface area contributed by atoms with Crippen molar-refractivity contribution in [3.05, 3.63) is 114 Å². The summed E-state index contributed by atoms with van der Waals surface area (Å²) in [5, 5.41) is 23.7. The molecular formula is C25H17N2P. The Hall–Kier alpha value is -3.58. The van der Waals surface area contributed by atoms with Gasteiger partial charge in [-0.3, -0.25) is 0 Å². The molecule has 4 rings (SSSR count). The van der Waals surface area contributed by atoms with Crippen molar-refractivity contribution in [2.24, 2.45) is 0 Å². The lowest BCUT2D eigenvalue weighted by Crippen LogP contribution is -2.24. The van der Waals surface area contributed by atoms with Gasteiger partial charge in [-0.2, -0.15) is 10.5 Å². The Balaban J connectivity index is 2.15. The first-order valence-corrected chi connectivity index (χ1v) is 10.8. The molecule has 1 aliphatic rings. The number of nitriles is 2. The van der Waals surface area contributed by atoms with Gasteiger partial charge in [0.15, 0.2) is 0 Å². The van der Waals surface area contributed by atoms with Crippen LogP contribution in [0.4, 0.5) is 0 Å². The molecule has 1 heterocycles. The summed E-state index contributed by atoms with van der Waals surface area (Å²) < 4.78 is 0. The van der Waals surface area contributed by atoms with Gasteiger partial charge in [-0.1, -0.05) is 91.0 Å². The monoisotopic (exact) mass is 376 g/mol. The van der Waals surface area contributed by atoms with Crippen molar-refractivity contribution >= 4 is 28.4 Å². The van der Waals surface area contributed by atoms with E-state index in [1.807, 2.05) is 103 Å². The molecule has 0 saturated heterocycles. The second-order valence-corrected chi connectivity index (χ2v) is 9.78. The van der Waals surface area contributed by atoms with E-state index in [-0.39, 0.29) is 0 Å². The lowest BCUT2D eigenvalue weighted by atomic mass is 10.0. The van der Waals surface area contributed by atoms with Crippen LogP contribution in [0.25, 0.3) is 5.57 Å². The van der Waals surface area contributed by atoms with E-state index < -0.39 is 6.89 Å². The van der Waals surface area contributed by atoms with E-state index in [1.54, 1.807) is 0 Å². The molecule has 2 nitrogen and oxygen atoms in total. The molecule has 28 heavy (non-hydrogen) atoms. The third-order valence-electron chi connectivity index (χ3n) is 4.93. The fraction of sp³-hybridized carbons (Fsp3) is 0. The van der Waals surface area contributed by atoms with Crippen LogP contribution < -0.4 is 10.6 Å². The van der Waals surface area contributed by atoms with Crippen molar-refractivity contribution in [1.29, 1.82) is 10.5 Å². The molecule has 0 amide bonds. The molecule has 132 valence electrons. The maximum Gasteiger partial charge on any atom is 0.100 e. The average Bonchev–Trinajstić information content (AvgIpc) is 2.79. The lowest BCUT2D eigenvalue weighted by molar-refractivity contribution is 1.52. The highest BCUT2D eigenvalue weighted by molar-refractivity contribution is 7.93. The van der Waals surface area contributed by atoms with Crippen LogP contribution in [0.2, 0.25) is 0 Å². The highest BCUT2D eigenvalue weighted by Gasteiger charge is 2.34. The van der Waals surface area contributed by atoms with Crippen molar-refractivity contribution in [3.8, 4) is 12.1 Å².